The van der Waals surface area contributed by atoms with E-state index in [9.17, 15) is 9.18 Å². The van der Waals surface area contributed by atoms with Crippen LogP contribution < -0.4 is 5.32 Å². The van der Waals surface area contributed by atoms with E-state index < -0.39 is 11.6 Å². The summed E-state index contributed by atoms with van der Waals surface area (Å²) in [6, 6.07) is 7.82. The summed E-state index contributed by atoms with van der Waals surface area (Å²) in [7, 11) is 1.93. The minimum atomic E-state index is -1.83. The van der Waals surface area contributed by atoms with E-state index in [1.54, 1.807) is 29.1 Å². The lowest BCUT2D eigenvalue weighted by Crippen LogP contribution is -2.47. The van der Waals surface area contributed by atoms with Gasteiger partial charge in [0.1, 0.15) is 5.82 Å². The van der Waals surface area contributed by atoms with Crippen LogP contribution >= 0.6 is 11.3 Å². The minimum absolute atomic E-state index is 0.207. The number of thiazole rings is 1. The van der Waals surface area contributed by atoms with Crippen molar-refractivity contribution in [2.24, 2.45) is 0 Å². The second-order valence-electron chi connectivity index (χ2n) is 6.72. The average molecular weight is 370 g/mol. The Kier molecular flexibility index (Phi) is 4.42. The second-order valence-corrected chi connectivity index (χ2v) is 7.61. The maximum Gasteiger partial charge on any atom is 0.263 e. The first kappa shape index (κ1) is 17.1. The number of nitrogens with one attached hydrogen (secondary N) is 1. The maximum atomic E-state index is 14.9. The molecule has 1 N–H and O–H groups in total. The van der Waals surface area contributed by atoms with Crippen LogP contribution in [0.3, 0.4) is 0 Å². The second kappa shape index (κ2) is 6.74. The Morgan fingerprint density at radius 1 is 1.23 bits per heavy atom. The monoisotopic (exact) mass is 370 g/mol. The zero-order valence-corrected chi connectivity index (χ0v) is 15.2. The number of benzene rings is 1. The number of hydrogen-bond acceptors (Lipinski definition) is 5. The van der Waals surface area contributed by atoms with Crippen LogP contribution in [0.25, 0.3) is 21.2 Å². The molecule has 0 aliphatic carbocycles. The van der Waals surface area contributed by atoms with Crippen molar-refractivity contribution in [3.05, 3.63) is 42.2 Å². The lowest BCUT2D eigenvalue weighted by Gasteiger charge is -2.33. The van der Waals surface area contributed by atoms with E-state index in [0.717, 1.165) is 21.2 Å². The van der Waals surface area contributed by atoms with Gasteiger partial charge < -0.3 is 10.2 Å². The predicted octanol–water partition coefficient (Wildman–Crippen LogP) is 3.73. The number of amides is 1. The molecule has 1 aliphatic heterocycles. The zero-order valence-electron chi connectivity index (χ0n) is 14.4. The number of likely N-dealkylation sites (tertiary alicyclic amines) is 1. The number of alkyl halides is 1. The van der Waals surface area contributed by atoms with E-state index in [4.69, 9.17) is 0 Å². The Balaban J connectivity index is 1.57. The molecule has 0 radical (unpaired) electrons. The number of carbonyl (C=O) groups is 1. The summed E-state index contributed by atoms with van der Waals surface area (Å²) in [5.41, 5.74) is 1.02. The highest BCUT2D eigenvalue weighted by Gasteiger charge is 2.41. The molecule has 5 nitrogen and oxygen atoms in total. The van der Waals surface area contributed by atoms with E-state index in [1.807, 2.05) is 36.3 Å². The highest BCUT2D eigenvalue weighted by atomic mass is 32.1. The number of carbonyl (C=O) groups excluding carboxylic acids is 1. The van der Waals surface area contributed by atoms with Gasteiger partial charge in [0.2, 0.25) is 0 Å². The first-order valence-corrected chi connectivity index (χ1v) is 9.39. The van der Waals surface area contributed by atoms with Crippen LogP contribution in [-0.4, -0.2) is 46.6 Å². The van der Waals surface area contributed by atoms with Gasteiger partial charge in [-0.1, -0.05) is 12.1 Å². The fourth-order valence-electron chi connectivity index (χ4n) is 3.15. The van der Waals surface area contributed by atoms with Crippen molar-refractivity contribution in [2.75, 3.05) is 25.5 Å². The number of rotatable bonds is 3. The van der Waals surface area contributed by atoms with Crippen LogP contribution in [0.5, 0.6) is 0 Å². The van der Waals surface area contributed by atoms with Gasteiger partial charge in [0.05, 0.1) is 10.4 Å². The molecular formula is C19H19FN4OS. The molecule has 0 saturated carbocycles. The topological polar surface area (TPSA) is 58.1 Å². The van der Waals surface area contributed by atoms with Crippen molar-refractivity contribution < 1.29 is 9.18 Å². The van der Waals surface area contributed by atoms with Crippen LogP contribution in [0.1, 0.15) is 12.8 Å². The summed E-state index contributed by atoms with van der Waals surface area (Å²) < 4.78 is 14.9. The number of hydrogen-bond donors (Lipinski definition) is 1. The summed E-state index contributed by atoms with van der Waals surface area (Å²) in [6.45, 7) is 1.15. The summed E-state index contributed by atoms with van der Waals surface area (Å²) in [6.07, 6.45) is 3.93. The van der Waals surface area contributed by atoms with E-state index in [-0.39, 0.29) is 12.8 Å². The van der Waals surface area contributed by atoms with E-state index in [1.165, 1.54) is 0 Å². The van der Waals surface area contributed by atoms with Crippen LogP contribution in [0.2, 0.25) is 0 Å². The molecule has 1 saturated heterocycles. The highest BCUT2D eigenvalue weighted by Crippen LogP contribution is 2.30. The third-order valence-corrected chi connectivity index (χ3v) is 5.69. The smallest absolute Gasteiger partial charge is 0.263 e. The lowest BCUT2D eigenvalue weighted by atomic mass is 9.92. The van der Waals surface area contributed by atoms with Crippen LogP contribution in [0, 0.1) is 0 Å². The standard InChI is InChI=1S/C19H19FN4OS/c1-24-6-4-19(20,5-7-24)18(25)23-17-9-15-8-13(16-11-21-12-26-16)2-3-14(15)10-22-17/h2-3,8-12H,4-7H2,1H3,(H,22,23,25). The molecule has 134 valence electrons. The summed E-state index contributed by atoms with van der Waals surface area (Å²) in [5.74, 6) is -0.226. The van der Waals surface area contributed by atoms with E-state index in [2.05, 4.69) is 15.3 Å². The molecule has 1 fully saturated rings. The molecule has 1 amide bonds. The maximum absolute atomic E-state index is 14.9. The largest absolute Gasteiger partial charge is 0.308 e. The molecule has 3 aromatic rings. The Labute approximate surface area is 154 Å². The van der Waals surface area contributed by atoms with Crippen molar-refractivity contribution in [3.63, 3.8) is 0 Å². The molecular weight excluding hydrogens is 351 g/mol. The molecule has 3 heterocycles. The lowest BCUT2D eigenvalue weighted by molar-refractivity contribution is -0.130. The van der Waals surface area contributed by atoms with Gasteiger partial charge in [-0.2, -0.15) is 0 Å². The minimum Gasteiger partial charge on any atom is -0.308 e. The van der Waals surface area contributed by atoms with Crippen molar-refractivity contribution in [3.8, 4) is 10.4 Å². The normalized spacial score (nSPS) is 17.3. The van der Waals surface area contributed by atoms with Crippen molar-refractivity contribution in [2.45, 2.75) is 18.5 Å². The van der Waals surface area contributed by atoms with Crippen molar-refractivity contribution in [1.82, 2.24) is 14.9 Å². The molecule has 4 rings (SSSR count). The number of nitrogens with zero attached hydrogens (tertiary/aromatic N) is 3. The number of anilines is 1. The van der Waals surface area contributed by atoms with Gasteiger partial charge in [-0.25, -0.2) is 9.37 Å². The number of aromatic nitrogens is 2. The Morgan fingerprint density at radius 3 is 2.77 bits per heavy atom. The molecule has 26 heavy (non-hydrogen) atoms. The summed E-state index contributed by atoms with van der Waals surface area (Å²) >= 11 is 1.57. The summed E-state index contributed by atoms with van der Waals surface area (Å²) in [5, 5.41) is 4.57. The van der Waals surface area contributed by atoms with E-state index in [0.29, 0.717) is 18.9 Å². The Morgan fingerprint density at radius 2 is 2.04 bits per heavy atom. The fourth-order valence-corrected chi connectivity index (χ4v) is 3.77. The number of pyridine rings is 1. The van der Waals surface area contributed by atoms with Gasteiger partial charge in [-0.05, 0) is 30.1 Å². The van der Waals surface area contributed by atoms with Gasteiger partial charge >= 0.3 is 0 Å². The first-order valence-electron chi connectivity index (χ1n) is 8.51. The third kappa shape index (κ3) is 3.32. The average Bonchev–Trinajstić information content (AvgIpc) is 3.18. The third-order valence-electron chi connectivity index (χ3n) is 4.87. The van der Waals surface area contributed by atoms with Gasteiger partial charge in [0, 0.05) is 43.7 Å². The van der Waals surface area contributed by atoms with E-state index >= 15 is 0 Å². The van der Waals surface area contributed by atoms with Gasteiger partial charge in [0.25, 0.3) is 5.91 Å². The van der Waals surface area contributed by atoms with Crippen LogP contribution in [-0.2, 0) is 4.79 Å². The van der Waals surface area contributed by atoms with Gasteiger partial charge in [-0.15, -0.1) is 11.3 Å². The molecule has 7 heteroatoms. The number of halogens is 1. The quantitative estimate of drug-likeness (QED) is 0.763. The summed E-state index contributed by atoms with van der Waals surface area (Å²) in [4.78, 5) is 23.9. The van der Waals surface area contributed by atoms with Crippen molar-refractivity contribution >= 4 is 33.8 Å². The van der Waals surface area contributed by atoms with Crippen LogP contribution in [0.4, 0.5) is 10.2 Å². The van der Waals surface area contributed by atoms with Crippen molar-refractivity contribution in [1.29, 1.82) is 0 Å². The first-order chi connectivity index (χ1) is 12.5. The molecule has 0 unspecified atom stereocenters. The number of piperidine rings is 1. The van der Waals surface area contributed by atoms with Crippen LogP contribution in [0.15, 0.2) is 42.2 Å². The molecule has 0 bridgehead atoms. The fraction of sp³-hybridized carbons (Fsp3) is 0.316. The molecule has 2 aromatic heterocycles. The molecule has 1 aromatic carbocycles. The Bertz CT molecular complexity index is 936. The SMILES string of the molecule is CN1CCC(F)(C(=O)Nc2cc3cc(-c4cncs4)ccc3cn2)CC1. The molecule has 0 atom stereocenters. The van der Waals surface area contributed by atoms with Gasteiger partial charge in [-0.3, -0.25) is 9.78 Å². The predicted molar refractivity (Wildman–Crippen MR) is 102 cm³/mol. The molecule has 1 aliphatic rings. The molecule has 0 spiro atoms. The highest BCUT2D eigenvalue weighted by molar-refractivity contribution is 7.13. The number of fused-ring (bicyclic) bond motifs is 1. The zero-order chi connectivity index (χ0) is 18.1. The Hall–Kier alpha value is -2.38. The van der Waals surface area contributed by atoms with Gasteiger partial charge in [0.15, 0.2) is 5.67 Å².